The Bertz CT molecular complexity index is 1060. The third-order valence-corrected chi connectivity index (χ3v) is 5.06. The minimum absolute atomic E-state index is 0.284. The van der Waals surface area contributed by atoms with Gasteiger partial charge >= 0.3 is 0 Å². The number of hydrogen-bond donors (Lipinski definition) is 0. The van der Waals surface area contributed by atoms with E-state index >= 15 is 0 Å². The van der Waals surface area contributed by atoms with Gasteiger partial charge < -0.3 is 13.9 Å². The number of benzene rings is 2. The van der Waals surface area contributed by atoms with E-state index in [1.165, 1.54) is 0 Å². The fourth-order valence-electron chi connectivity index (χ4n) is 3.52. The van der Waals surface area contributed by atoms with Crippen molar-refractivity contribution in [2.24, 2.45) is 0 Å². The van der Waals surface area contributed by atoms with E-state index in [0.29, 0.717) is 22.7 Å². The van der Waals surface area contributed by atoms with E-state index in [1.807, 2.05) is 48.5 Å². The first-order valence-electron chi connectivity index (χ1n) is 9.44. The number of ether oxygens (including phenoxy) is 2. The molecular weight excluding hydrogens is 380 g/mol. The van der Waals surface area contributed by atoms with Gasteiger partial charge in [-0.25, -0.2) is 0 Å². The van der Waals surface area contributed by atoms with Gasteiger partial charge in [0.05, 0.1) is 14.2 Å². The van der Waals surface area contributed by atoms with Crippen molar-refractivity contribution < 1.29 is 23.5 Å². The zero-order valence-corrected chi connectivity index (χ0v) is 16.7. The van der Waals surface area contributed by atoms with Crippen LogP contribution in [0.2, 0.25) is 0 Å². The molecule has 1 heterocycles. The number of rotatable bonds is 6. The molecule has 1 aliphatic rings. The van der Waals surface area contributed by atoms with Crippen LogP contribution in [0.3, 0.4) is 0 Å². The van der Waals surface area contributed by atoms with Crippen LogP contribution in [0.15, 0.2) is 64.1 Å². The summed E-state index contributed by atoms with van der Waals surface area (Å²) in [5.41, 5.74) is 4.26. The van der Waals surface area contributed by atoms with Crippen LogP contribution in [0.4, 0.5) is 0 Å². The Morgan fingerprint density at radius 2 is 1.10 bits per heavy atom. The lowest BCUT2D eigenvalue weighted by Gasteiger charge is -2.04. The van der Waals surface area contributed by atoms with E-state index < -0.39 is 0 Å². The number of aldehydes is 2. The van der Waals surface area contributed by atoms with Crippen molar-refractivity contribution in [3.05, 3.63) is 70.8 Å². The molecule has 5 nitrogen and oxygen atoms in total. The number of fused-ring (bicyclic) bond motifs is 1. The largest absolute Gasteiger partial charge is 0.497 e. The topological polar surface area (TPSA) is 65.7 Å². The second-order valence-electron chi connectivity index (χ2n) is 6.90. The molecule has 0 atom stereocenters. The number of methoxy groups -OCH3 is 2. The molecule has 0 N–H and O–H groups in total. The molecule has 0 spiro atoms. The molecular formula is C25H20O5. The number of carbonyl (C=O) groups excluding carboxylic acids is 2. The Morgan fingerprint density at radius 3 is 1.43 bits per heavy atom. The molecule has 0 fully saturated rings. The summed E-state index contributed by atoms with van der Waals surface area (Å²) < 4.78 is 16.8. The number of allylic oxidation sites excluding steroid dienone is 2. The molecule has 5 heteroatoms. The number of furan rings is 1. The van der Waals surface area contributed by atoms with Crippen LogP contribution in [-0.2, 0) is 9.59 Å². The number of hydrogen-bond acceptors (Lipinski definition) is 5. The van der Waals surface area contributed by atoms with Crippen LogP contribution < -0.4 is 9.47 Å². The first-order valence-corrected chi connectivity index (χ1v) is 9.44. The van der Waals surface area contributed by atoms with Crippen LogP contribution in [0.25, 0.3) is 34.8 Å². The van der Waals surface area contributed by atoms with E-state index in [4.69, 9.17) is 13.9 Å². The van der Waals surface area contributed by atoms with Gasteiger partial charge in [0.15, 0.2) is 0 Å². The van der Waals surface area contributed by atoms with Gasteiger partial charge in [0, 0.05) is 28.7 Å². The smallest absolute Gasteiger partial charge is 0.146 e. The van der Waals surface area contributed by atoms with E-state index in [2.05, 4.69) is 0 Å². The molecule has 0 radical (unpaired) electrons. The Balaban J connectivity index is 1.97. The average molecular weight is 400 g/mol. The first kappa shape index (κ1) is 19.5. The van der Waals surface area contributed by atoms with Crippen LogP contribution in [0, 0.1) is 0 Å². The predicted molar refractivity (Wildman–Crippen MR) is 115 cm³/mol. The molecule has 0 aliphatic heterocycles. The van der Waals surface area contributed by atoms with Crippen LogP contribution in [-0.4, -0.2) is 26.8 Å². The van der Waals surface area contributed by atoms with E-state index in [1.54, 1.807) is 26.4 Å². The maximum absolute atomic E-state index is 11.6. The van der Waals surface area contributed by atoms with Crippen LogP contribution in [0.5, 0.6) is 11.5 Å². The highest BCUT2D eigenvalue weighted by molar-refractivity contribution is 5.98. The SMILES string of the molecule is COc1ccc(-c2oc(-c3ccc(OC)cc3)c3c2C=C(C=O)CC(C=O)=C3)cc1. The van der Waals surface area contributed by atoms with Crippen molar-refractivity contribution in [2.45, 2.75) is 6.42 Å². The van der Waals surface area contributed by atoms with Crippen molar-refractivity contribution in [1.29, 1.82) is 0 Å². The molecule has 1 aromatic heterocycles. The summed E-state index contributed by atoms with van der Waals surface area (Å²) in [6.07, 6.45) is 5.44. The minimum Gasteiger partial charge on any atom is -0.497 e. The standard InChI is InChI=1S/C25H20O5/c1-28-20-7-3-18(4-8-20)24-22-12-16(14-26)11-17(15-27)13-23(22)25(30-24)19-5-9-21(29-2)10-6-19/h3-10,12-15H,11H2,1-2H3. The molecule has 150 valence electrons. The van der Waals surface area contributed by atoms with Crippen molar-refractivity contribution in [1.82, 2.24) is 0 Å². The lowest BCUT2D eigenvalue weighted by Crippen LogP contribution is -1.89. The van der Waals surface area contributed by atoms with Crippen LogP contribution in [0.1, 0.15) is 17.5 Å². The normalized spacial score (nSPS) is 12.9. The van der Waals surface area contributed by atoms with Gasteiger partial charge in [0.25, 0.3) is 0 Å². The first-order chi connectivity index (χ1) is 14.7. The highest BCUT2D eigenvalue weighted by Gasteiger charge is 2.23. The maximum Gasteiger partial charge on any atom is 0.146 e. The monoisotopic (exact) mass is 400 g/mol. The van der Waals surface area contributed by atoms with Gasteiger partial charge in [-0.1, -0.05) is 0 Å². The summed E-state index contributed by atoms with van der Waals surface area (Å²) in [5, 5.41) is 0. The van der Waals surface area contributed by atoms with Gasteiger partial charge in [-0.15, -0.1) is 0 Å². The Labute approximate surface area is 174 Å². The van der Waals surface area contributed by atoms with E-state index in [0.717, 1.165) is 46.3 Å². The second-order valence-corrected chi connectivity index (χ2v) is 6.90. The van der Waals surface area contributed by atoms with Crippen molar-refractivity contribution in [3.8, 4) is 34.1 Å². The zero-order chi connectivity index (χ0) is 21.1. The molecule has 0 bridgehead atoms. The average Bonchev–Trinajstić information content (AvgIpc) is 3.03. The maximum atomic E-state index is 11.6. The zero-order valence-electron chi connectivity index (χ0n) is 16.7. The van der Waals surface area contributed by atoms with Crippen molar-refractivity contribution in [2.75, 3.05) is 14.2 Å². The third kappa shape index (κ3) is 3.57. The van der Waals surface area contributed by atoms with Gasteiger partial charge in [-0.05, 0) is 71.8 Å². The Kier molecular flexibility index (Phi) is 5.35. The van der Waals surface area contributed by atoms with Crippen molar-refractivity contribution >= 4 is 24.7 Å². The van der Waals surface area contributed by atoms with Gasteiger partial charge in [-0.2, -0.15) is 0 Å². The predicted octanol–water partition coefficient (Wildman–Crippen LogP) is 5.20. The van der Waals surface area contributed by atoms with E-state index in [9.17, 15) is 9.59 Å². The molecule has 4 rings (SSSR count). The summed E-state index contributed by atoms with van der Waals surface area (Å²) >= 11 is 0. The summed E-state index contributed by atoms with van der Waals surface area (Å²) in [4.78, 5) is 23.2. The Morgan fingerprint density at radius 1 is 0.700 bits per heavy atom. The van der Waals surface area contributed by atoms with Gasteiger partial charge in [0.2, 0.25) is 0 Å². The third-order valence-electron chi connectivity index (χ3n) is 5.06. The van der Waals surface area contributed by atoms with E-state index in [-0.39, 0.29) is 6.42 Å². The summed E-state index contributed by atoms with van der Waals surface area (Å²) in [7, 11) is 3.22. The fourth-order valence-corrected chi connectivity index (χ4v) is 3.52. The summed E-state index contributed by atoms with van der Waals surface area (Å²) in [6, 6.07) is 15.0. The minimum atomic E-state index is 0.284. The lowest BCUT2D eigenvalue weighted by molar-refractivity contribution is -0.105. The number of carbonyl (C=O) groups is 2. The molecule has 0 amide bonds. The molecule has 30 heavy (non-hydrogen) atoms. The molecule has 0 unspecified atom stereocenters. The Hall–Kier alpha value is -3.86. The fraction of sp³-hybridized carbons (Fsp3) is 0.120. The van der Waals surface area contributed by atoms with Gasteiger partial charge in [0.1, 0.15) is 35.6 Å². The molecule has 2 aromatic carbocycles. The molecule has 0 saturated carbocycles. The van der Waals surface area contributed by atoms with Gasteiger partial charge in [-0.3, -0.25) is 9.59 Å². The summed E-state index contributed by atoms with van der Waals surface area (Å²) in [5.74, 6) is 2.72. The quantitative estimate of drug-likeness (QED) is 0.532. The molecule has 3 aromatic rings. The van der Waals surface area contributed by atoms with Crippen LogP contribution >= 0.6 is 0 Å². The highest BCUT2D eigenvalue weighted by Crippen LogP contribution is 2.42. The van der Waals surface area contributed by atoms with Crippen molar-refractivity contribution in [3.63, 3.8) is 0 Å². The molecule has 0 saturated heterocycles. The second kappa shape index (κ2) is 8.25. The highest BCUT2D eigenvalue weighted by atomic mass is 16.5. The molecule has 1 aliphatic carbocycles. The summed E-state index contributed by atoms with van der Waals surface area (Å²) in [6.45, 7) is 0. The lowest BCUT2D eigenvalue weighted by atomic mass is 10.0.